The van der Waals surface area contributed by atoms with E-state index in [1.54, 1.807) is 0 Å². The molecule has 0 aromatic heterocycles. The Morgan fingerprint density at radius 2 is 1.83 bits per heavy atom. The van der Waals surface area contributed by atoms with E-state index in [1.807, 2.05) is 24.3 Å². The molecule has 0 saturated carbocycles. The van der Waals surface area contributed by atoms with Gasteiger partial charge in [-0.15, -0.1) is 0 Å². The molecule has 0 aliphatic rings. The molecule has 0 atom stereocenters. The van der Waals surface area contributed by atoms with Gasteiger partial charge in [0.05, 0.1) is 18.0 Å². The van der Waals surface area contributed by atoms with Crippen LogP contribution in [-0.2, 0) is 4.43 Å². The number of hydrogen-bond donors (Lipinski definition) is 2. The Morgan fingerprint density at radius 3 is 2.39 bits per heavy atom. The largest absolute Gasteiger partial charge is 0.415 e. The van der Waals surface area contributed by atoms with Crippen molar-refractivity contribution in [2.75, 3.05) is 24.2 Å². The first-order valence-electron chi connectivity index (χ1n) is 6.46. The van der Waals surface area contributed by atoms with Crippen LogP contribution in [-0.4, -0.2) is 21.5 Å². The summed E-state index contributed by atoms with van der Waals surface area (Å²) in [5.74, 6) is 0. The fourth-order valence-electron chi connectivity index (χ4n) is 1.37. The summed E-state index contributed by atoms with van der Waals surface area (Å²) in [4.78, 5) is 0. The molecule has 0 aliphatic heterocycles. The third-order valence-electron chi connectivity index (χ3n) is 3.65. The SMILES string of the molecule is CC(C)(C)[Si](C)(C)OCCNc1ccccc1N. The summed E-state index contributed by atoms with van der Waals surface area (Å²) in [6.45, 7) is 12.8. The number of benzene rings is 1. The quantitative estimate of drug-likeness (QED) is 0.485. The summed E-state index contributed by atoms with van der Waals surface area (Å²) in [7, 11) is -1.63. The van der Waals surface area contributed by atoms with Crippen LogP contribution in [0, 0.1) is 0 Å². The molecule has 0 amide bonds. The fraction of sp³-hybridized carbons (Fsp3) is 0.571. The van der Waals surface area contributed by atoms with Gasteiger partial charge in [0.2, 0.25) is 0 Å². The molecular formula is C14H26N2OSi. The van der Waals surface area contributed by atoms with Gasteiger partial charge in [0, 0.05) is 6.54 Å². The summed E-state index contributed by atoms with van der Waals surface area (Å²) >= 11 is 0. The Labute approximate surface area is 112 Å². The average Bonchev–Trinajstić information content (AvgIpc) is 2.25. The Hall–Kier alpha value is -1.00. The number of hydrogen-bond acceptors (Lipinski definition) is 3. The highest BCUT2D eigenvalue weighted by atomic mass is 28.4. The molecule has 0 unspecified atom stereocenters. The molecule has 1 aromatic carbocycles. The molecule has 1 aromatic rings. The highest BCUT2D eigenvalue weighted by molar-refractivity contribution is 6.74. The van der Waals surface area contributed by atoms with E-state index in [0.29, 0.717) is 0 Å². The van der Waals surface area contributed by atoms with Gasteiger partial charge >= 0.3 is 0 Å². The lowest BCUT2D eigenvalue weighted by atomic mass is 10.2. The summed E-state index contributed by atoms with van der Waals surface area (Å²) in [6.07, 6.45) is 0. The van der Waals surface area contributed by atoms with Gasteiger partial charge in [0.15, 0.2) is 8.32 Å². The molecule has 3 nitrogen and oxygen atoms in total. The topological polar surface area (TPSA) is 47.3 Å². The second-order valence-corrected chi connectivity index (χ2v) is 10.9. The lowest BCUT2D eigenvalue weighted by Crippen LogP contribution is -2.41. The first-order chi connectivity index (χ1) is 8.24. The van der Waals surface area contributed by atoms with E-state index in [0.717, 1.165) is 24.5 Å². The van der Waals surface area contributed by atoms with E-state index in [4.69, 9.17) is 10.2 Å². The number of para-hydroxylation sites is 2. The van der Waals surface area contributed by atoms with E-state index in [9.17, 15) is 0 Å². The Morgan fingerprint density at radius 1 is 1.22 bits per heavy atom. The number of rotatable bonds is 5. The van der Waals surface area contributed by atoms with Gasteiger partial charge in [0.1, 0.15) is 0 Å². The Kier molecular flexibility index (Phi) is 4.82. The zero-order chi connectivity index (χ0) is 13.8. The van der Waals surface area contributed by atoms with Crippen molar-refractivity contribution >= 4 is 19.7 Å². The van der Waals surface area contributed by atoms with Crippen molar-refractivity contribution in [2.45, 2.75) is 38.9 Å². The minimum absolute atomic E-state index is 0.263. The summed E-state index contributed by atoms with van der Waals surface area (Å²) in [5, 5.41) is 3.57. The number of nitrogen functional groups attached to an aromatic ring is 1. The summed E-state index contributed by atoms with van der Waals surface area (Å²) in [5.41, 5.74) is 7.63. The predicted molar refractivity (Wildman–Crippen MR) is 82.5 cm³/mol. The summed E-state index contributed by atoms with van der Waals surface area (Å²) in [6, 6.07) is 7.80. The Balaban J connectivity index is 2.38. The maximum atomic E-state index is 6.09. The molecule has 0 radical (unpaired) electrons. The van der Waals surface area contributed by atoms with Crippen molar-refractivity contribution in [2.24, 2.45) is 0 Å². The first kappa shape index (κ1) is 15.1. The minimum atomic E-state index is -1.63. The van der Waals surface area contributed by atoms with Crippen LogP contribution in [0.3, 0.4) is 0 Å². The lowest BCUT2D eigenvalue weighted by Gasteiger charge is -2.36. The van der Waals surface area contributed by atoms with Gasteiger partial charge in [-0.3, -0.25) is 0 Å². The van der Waals surface area contributed by atoms with Crippen LogP contribution in [0.4, 0.5) is 11.4 Å². The van der Waals surface area contributed by atoms with Gasteiger partial charge in [-0.25, -0.2) is 0 Å². The van der Waals surface area contributed by atoms with Crippen LogP contribution in [0.15, 0.2) is 24.3 Å². The standard InChI is InChI=1S/C14H26N2OSi/c1-14(2,3)18(4,5)17-11-10-16-13-9-7-6-8-12(13)15/h6-9,16H,10-11,15H2,1-5H3. The highest BCUT2D eigenvalue weighted by Crippen LogP contribution is 2.36. The molecule has 0 heterocycles. The van der Waals surface area contributed by atoms with Crippen LogP contribution < -0.4 is 11.1 Å². The van der Waals surface area contributed by atoms with Gasteiger partial charge in [-0.05, 0) is 30.3 Å². The minimum Gasteiger partial charge on any atom is -0.415 e. The monoisotopic (exact) mass is 266 g/mol. The van der Waals surface area contributed by atoms with Crippen LogP contribution >= 0.6 is 0 Å². The van der Waals surface area contributed by atoms with Gasteiger partial charge in [0.25, 0.3) is 0 Å². The molecule has 0 saturated heterocycles. The average molecular weight is 266 g/mol. The molecule has 0 aliphatic carbocycles. The molecule has 4 heteroatoms. The third-order valence-corrected chi connectivity index (χ3v) is 8.19. The molecule has 0 bridgehead atoms. The molecule has 102 valence electrons. The summed E-state index contributed by atoms with van der Waals surface area (Å²) < 4.78 is 6.09. The van der Waals surface area contributed by atoms with Crippen LogP contribution in [0.1, 0.15) is 20.8 Å². The molecule has 0 fully saturated rings. The second kappa shape index (κ2) is 5.76. The molecule has 3 N–H and O–H groups in total. The maximum absolute atomic E-state index is 6.09. The Bertz CT molecular complexity index is 386. The van der Waals surface area contributed by atoms with E-state index < -0.39 is 8.32 Å². The number of nitrogens with one attached hydrogen (secondary N) is 1. The van der Waals surface area contributed by atoms with Crippen molar-refractivity contribution in [1.29, 1.82) is 0 Å². The predicted octanol–water partition coefficient (Wildman–Crippen LogP) is 3.70. The number of nitrogens with two attached hydrogens (primary N) is 1. The zero-order valence-corrected chi connectivity index (χ0v) is 13.2. The van der Waals surface area contributed by atoms with Crippen molar-refractivity contribution in [3.05, 3.63) is 24.3 Å². The van der Waals surface area contributed by atoms with Gasteiger partial charge in [-0.2, -0.15) is 0 Å². The second-order valence-electron chi connectivity index (χ2n) is 6.12. The molecule has 18 heavy (non-hydrogen) atoms. The van der Waals surface area contributed by atoms with Crippen molar-refractivity contribution < 1.29 is 4.43 Å². The van der Waals surface area contributed by atoms with Gasteiger partial charge < -0.3 is 15.5 Å². The van der Waals surface area contributed by atoms with Gasteiger partial charge in [-0.1, -0.05) is 32.9 Å². The number of anilines is 2. The normalized spacial score (nSPS) is 12.5. The van der Waals surface area contributed by atoms with E-state index in [1.165, 1.54) is 0 Å². The van der Waals surface area contributed by atoms with E-state index in [2.05, 4.69) is 39.2 Å². The van der Waals surface area contributed by atoms with Crippen LogP contribution in [0.25, 0.3) is 0 Å². The molecular weight excluding hydrogens is 240 g/mol. The lowest BCUT2D eigenvalue weighted by molar-refractivity contribution is 0.301. The van der Waals surface area contributed by atoms with Crippen LogP contribution in [0.5, 0.6) is 0 Å². The highest BCUT2D eigenvalue weighted by Gasteiger charge is 2.36. The van der Waals surface area contributed by atoms with Crippen molar-refractivity contribution in [3.8, 4) is 0 Å². The smallest absolute Gasteiger partial charge is 0.192 e. The van der Waals surface area contributed by atoms with E-state index >= 15 is 0 Å². The molecule has 0 spiro atoms. The van der Waals surface area contributed by atoms with Crippen LogP contribution in [0.2, 0.25) is 18.1 Å². The zero-order valence-electron chi connectivity index (χ0n) is 12.2. The van der Waals surface area contributed by atoms with E-state index in [-0.39, 0.29) is 5.04 Å². The first-order valence-corrected chi connectivity index (χ1v) is 9.37. The van der Waals surface area contributed by atoms with Crippen molar-refractivity contribution in [1.82, 2.24) is 0 Å². The molecule has 1 rings (SSSR count). The van der Waals surface area contributed by atoms with Crippen molar-refractivity contribution in [3.63, 3.8) is 0 Å². The fourth-order valence-corrected chi connectivity index (χ4v) is 2.41. The third kappa shape index (κ3) is 4.03. The maximum Gasteiger partial charge on any atom is 0.192 e.